The molecular weight excluding hydrogens is 295 g/mol. The number of alkyl halides is 1. The molecule has 1 aromatic carbocycles. The number of fused-ring (bicyclic) bond motifs is 1. The van der Waals surface area contributed by atoms with Crippen LogP contribution in [-0.2, 0) is 5.88 Å². The van der Waals surface area contributed by atoms with Crippen molar-refractivity contribution < 1.29 is 0 Å². The highest BCUT2D eigenvalue weighted by atomic mass is 35.5. The van der Waals surface area contributed by atoms with E-state index in [-0.39, 0.29) is 0 Å². The summed E-state index contributed by atoms with van der Waals surface area (Å²) in [5.41, 5.74) is 3.06. The predicted octanol–water partition coefficient (Wildman–Crippen LogP) is 3.46. The summed E-state index contributed by atoms with van der Waals surface area (Å²) in [7, 11) is 2.09. The van der Waals surface area contributed by atoms with E-state index in [0.29, 0.717) is 11.0 Å². The average molecular weight is 309 g/mol. The Bertz CT molecular complexity index is 632. The molecule has 1 aromatic heterocycles. The second-order valence-electron chi connectivity index (χ2n) is 4.66. The Labute approximate surface area is 128 Å². The Morgan fingerprint density at radius 3 is 2.65 bits per heavy atom. The van der Waals surface area contributed by atoms with Gasteiger partial charge in [0.2, 0.25) is 0 Å². The minimum absolute atomic E-state index is 0.295. The Morgan fingerprint density at radius 1 is 1.15 bits per heavy atom. The molecule has 20 heavy (non-hydrogen) atoms. The van der Waals surface area contributed by atoms with Gasteiger partial charge in [-0.2, -0.15) is 0 Å². The third kappa shape index (κ3) is 2.19. The summed E-state index contributed by atoms with van der Waals surface area (Å²) in [6.07, 6.45) is 1.48. The number of rotatable bonds is 2. The number of likely N-dealkylation sites (N-methyl/N-ethyl adjacent to an activating group) is 1. The normalized spacial score (nSPS) is 14.3. The summed E-state index contributed by atoms with van der Waals surface area (Å²) < 4.78 is 0. The lowest BCUT2D eigenvalue weighted by Crippen LogP contribution is -2.37. The van der Waals surface area contributed by atoms with Gasteiger partial charge < -0.3 is 9.80 Å². The van der Waals surface area contributed by atoms with Crippen LogP contribution in [0.4, 0.5) is 17.2 Å². The van der Waals surface area contributed by atoms with Gasteiger partial charge >= 0.3 is 0 Å². The predicted molar refractivity (Wildman–Crippen MR) is 83.3 cm³/mol. The van der Waals surface area contributed by atoms with Crippen LogP contribution in [-0.4, -0.2) is 30.1 Å². The molecule has 3 rings (SSSR count). The fourth-order valence-electron chi connectivity index (χ4n) is 2.46. The first kappa shape index (κ1) is 13.5. The van der Waals surface area contributed by atoms with Crippen molar-refractivity contribution in [2.75, 3.05) is 29.9 Å². The van der Waals surface area contributed by atoms with Crippen LogP contribution in [0.3, 0.4) is 0 Å². The first-order valence-corrected chi connectivity index (χ1v) is 7.26. The van der Waals surface area contributed by atoms with Crippen LogP contribution in [0, 0.1) is 0 Å². The topological polar surface area (TPSA) is 32.3 Å². The zero-order chi connectivity index (χ0) is 14.1. The van der Waals surface area contributed by atoms with Crippen molar-refractivity contribution >= 4 is 40.4 Å². The SMILES string of the molecule is CN1CCN(c2ncnc(Cl)c2CCl)c2ccccc21. The van der Waals surface area contributed by atoms with Crippen LogP contribution in [0.15, 0.2) is 30.6 Å². The number of halogens is 2. The highest BCUT2D eigenvalue weighted by Crippen LogP contribution is 2.38. The molecule has 0 amide bonds. The van der Waals surface area contributed by atoms with Crippen LogP contribution in [0.25, 0.3) is 0 Å². The van der Waals surface area contributed by atoms with Crippen molar-refractivity contribution in [2.45, 2.75) is 5.88 Å². The molecule has 0 saturated heterocycles. The zero-order valence-electron chi connectivity index (χ0n) is 11.1. The molecule has 0 aliphatic carbocycles. The fraction of sp³-hybridized carbons (Fsp3) is 0.286. The van der Waals surface area contributed by atoms with Gasteiger partial charge in [0.15, 0.2) is 0 Å². The summed E-state index contributed by atoms with van der Waals surface area (Å²) in [5.74, 6) is 1.09. The van der Waals surface area contributed by atoms with E-state index < -0.39 is 0 Å². The van der Waals surface area contributed by atoms with E-state index in [1.807, 2.05) is 12.1 Å². The van der Waals surface area contributed by atoms with E-state index in [1.165, 1.54) is 12.0 Å². The van der Waals surface area contributed by atoms with E-state index in [2.05, 4.69) is 38.9 Å². The summed E-state index contributed by atoms with van der Waals surface area (Å²) >= 11 is 12.1. The molecular formula is C14H14Cl2N4. The Kier molecular flexibility index (Phi) is 3.68. The number of para-hydroxylation sites is 2. The summed E-state index contributed by atoms with van der Waals surface area (Å²) in [4.78, 5) is 12.8. The molecule has 104 valence electrons. The summed E-state index contributed by atoms with van der Waals surface area (Å²) in [5, 5.41) is 0.418. The van der Waals surface area contributed by atoms with E-state index in [1.54, 1.807) is 0 Å². The summed E-state index contributed by atoms with van der Waals surface area (Å²) in [6.45, 7) is 1.76. The van der Waals surface area contributed by atoms with Gasteiger partial charge in [-0.15, -0.1) is 11.6 Å². The van der Waals surface area contributed by atoms with E-state index >= 15 is 0 Å². The molecule has 2 heterocycles. The molecule has 0 bridgehead atoms. The quantitative estimate of drug-likeness (QED) is 0.628. The molecule has 0 N–H and O–H groups in total. The zero-order valence-corrected chi connectivity index (χ0v) is 12.6. The van der Waals surface area contributed by atoms with Crippen molar-refractivity contribution in [3.8, 4) is 0 Å². The number of anilines is 3. The molecule has 0 fully saturated rings. The van der Waals surface area contributed by atoms with Crippen molar-refractivity contribution in [3.63, 3.8) is 0 Å². The molecule has 0 atom stereocenters. The number of nitrogens with zero attached hydrogens (tertiary/aromatic N) is 4. The lowest BCUT2D eigenvalue weighted by Gasteiger charge is -2.36. The van der Waals surface area contributed by atoms with Gasteiger partial charge in [-0.3, -0.25) is 0 Å². The molecule has 0 saturated carbocycles. The number of benzene rings is 1. The minimum atomic E-state index is 0.295. The smallest absolute Gasteiger partial charge is 0.142 e. The maximum Gasteiger partial charge on any atom is 0.142 e. The van der Waals surface area contributed by atoms with Gasteiger partial charge in [-0.05, 0) is 12.1 Å². The molecule has 0 spiro atoms. The van der Waals surface area contributed by atoms with Crippen LogP contribution in [0.1, 0.15) is 5.56 Å². The minimum Gasteiger partial charge on any atom is -0.371 e. The fourth-order valence-corrected chi connectivity index (χ4v) is 2.97. The monoisotopic (exact) mass is 308 g/mol. The Balaban J connectivity index is 2.13. The van der Waals surface area contributed by atoms with E-state index in [9.17, 15) is 0 Å². The van der Waals surface area contributed by atoms with E-state index in [0.717, 1.165) is 30.2 Å². The largest absolute Gasteiger partial charge is 0.371 e. The van der Waals surface area contributed by atoms with Gasteiger partial charge in [-0.25, -0.2) is 9.97 Å². The second-order valence-corrected chi connectivity index (χ2v) is 5.29. The van der Waals surface area contributed by atoms with Crippen molar-refractivity contribution in [3.05, 3.63) is 41.3 Å². The van der Waals surface area contributed by atoms with Gasteiger partial charge in [0.05, 0.1) is 17.3 Å². The lowest BCUT2D eigenvalue weighted by atomic mass is 10.1. The number of aromatic nitrogens is 2. The average Bonchev–Trinajstić information content (AvgIpc) is 2.48. The Morgan fingerprint density at radius 2 is 1.90 bits per heavy atom. The standard InChI is InChI=1S/C14H14Cl2N4/c1-19-6-7-20(12-5-3-2-4-11(12)19)14-10(8-15)13(16)17-9-18-14/h2-5,9H,6-8H2,1H3. The first-order valence-electron chi connectivity index (χ1n) is 6.35. The highest BCUT2D eigenvalue weighted by molar-refractivity contribution is 6.31. The van der Waals surface area contributed by atoms with Gasteiger partial charge in [0.1, 0.15) is 17.3 Å². The molecule has 0 unspecified atom stereocenters. The number of hydrogen-bond donors (Lipinski definition) is 0. The van der Waals surface area contributed by atoms with Gasteiger partial charge in [0.25, 0.3) is 0 Å². The van der Waals surface area contributed by atoms with Crippen LogP contribution < -0.4 is 9.80 Å². The molecule has 2 aromatic rings. The van der Waals surface area contributed by atoms with E-state index in [4.69, 9.17) is 23.2 Å². The van der Waals surface area contributed by atoms with Crippen molar-refractivity contribution in [1.29, 1.82) is 0 Å². The third-order valence-electron chi connectivity index (χ3n) is 3.50. The second kappa shape index (κ2) is 5.46. The molecule has 6 heteroatoms. The molecule has 1 aliphatic rings. The van der Waals surface area contributed by atoms with Crippen LogP contribution >= 0.6 is 23.2 Å². The maximum absolute atomic E-state index is 6.13. The lowest BCUT2D eigenvalue weighted by molar-refractivity contribution is 0.808. The molecule has 4 nitrogen and oxygen atoms in total. The first-order chi connectivity index (χ1) is 9.72. The van der Waals surface area contributed by atoms with Crippen molar-refractivity contribution in [1.82, 2.24) is 9.97 Å². The highest BCUT2D eigenvalue weighted by Gasteiger charge is 2.24. The Hall–Kier alpha value is -1.52. The van der Waals surface area contributed by atoms with Crippen molar-refractivity contribution in [2.24, 2.45) is 0 Å². The van der Waals surface area contributed by atoms with Gasteiger partial charge in [-0.1, -0.05) is 23.7 Å². The summed E-state index contributed by atoms with van der Waals surface area (Å²) in [6, 6.07) is 8.24. The third-order valence-corrected chi connectivity index (χ3v) is 4.10. The maximum atomic E-state index is 6.13. The van der Waals surface area contributed by atoms with Gasteiger partial charge in [0, 0.05) is 25.7 Å². The number of hydrogen-bond acceptors (Lipinski definition) is 4. The van der Waals surface area contributed by atoms with Crippen LogP contribution in [0.5, 0.6) is 0 Å². The molecule has 1 aliphatic heterocycles. The molecule has 0 radical (unpaired) electrons. The van der Waals surface area contributed by atoms with Crippen LogP contribution in [0.2, 0.25) is 5.15 Å².